The quantitative estimate of drug-likeness (QED) is 0.154. The van der Waals surface area contributed by atoms with Crippen LogP contribution in [-0.4, -0.2) is 36.1 Å². The Labute approximate surface area is 295 Å². The van der Waals surface area contributed by atoms with Crippen molar-refractivity contribution in [2.24, 2.45) is 35.5 Å². The Balaban J connectivity index is 1.11. The molecule has 0 aromatic heterocycles. The maximum atomic E-state index is 12.9. The SMILES string of the molecule is CC1CCC(C(C)C)C(OC(=O)c2ccc(OC(=O)c3ccc(C(=O)Oc4ccc(C(=O)OC5CC(C)CCC5C(C)C)cc4)cc3)cc2)C1. The van der Waals surface area contributed by atoms with Crippen molar-refractivity contribution in [3.63, 3.8) is 0 Å². The topological polar surface area (TPSA) is 105 Å². The zero-order valence-corrected chi connectivity index (χ0v) is 30.1. The summed E-state index contributed by atoms with van der Waals surface area (Å²) in [5.74, 6) is 1.20. The van der Waals surface area contributed by atoms with Gasteiger partial charge in [0.15, 0.2) is 0 Å². The van der Waals surface area contributed by atoms with Gasteiger partial charge in [-0.2, -0.15) is 0 Å². The van der Waals surface area contributed by atoms with E-state index in [0.29, 0.717) is 46.6 Å². The van der Waals surface area contributed by atoms with Crippen molar-refractivity contribution in [3.05, 3.63) is 95.1 Å². The number of carbonyl (C=O) groups is 4. The molecular formula is C42H50O8. The van der Waals surface area contributed by atoms with Crippen LogP contribution in [0.3, 0.4) is 0 Å². The molecule has 0 bridgehead atoms. The molecule has 3 aromatic carbocycles. The van der Waals surface area contributed by atoms with E-state index in [0.717, 1.165) is 38.5 Å². The largest absolute Gasteiger partial charge is 0.458 e. The third kappa shape index (κ3) is 9.40. The Morgan fingerprint density at radius 2 is 0.780 bits per heavy atom. The van der Waals surface area contributed by atoms with Gasteiger partial charge >= 0.3 is 23.9 Å². The van der Waals surface area contributed by atoms with Crippen LogP contribution in [0, 0.1) is 35.5 Å². The fraction of sp³-hybridized carbons (Fsp3) is 0.476. The number of benzene rings is 3. The van der Waals surface area contributed by atoms with E-state index in [9.17, 15) is 19.2 Å². The van der Waals surface area contributed by atoms with E-state index in [1.54, 1.807) is 48.5 Å². The number of hydrogen-bond acceptors (Lipinski definition) is 8. The van der Waals surface area contributed by atoms with Crippen LogP contribution in [0.2, 0.25) is 0 Å². The maximum Gasteiger partial charge on any atom is 0.343 e. The van der Waals surface area contributed by atoms with Crippen LogP contribution < -0.4 is 9.47 Å². The molecule has 2 aliphatic carbocycles. The van der Waals surface area contributed by atoms with E-state index < -0.39 is 11.9 Å². The molecule has 2 aliphatic rings. The zero-order chi connectivity index (χ0) is 35.9. The van der Waals surface area contributed by atoms with Crippen LogP contribution >= 0.6 is 0 Å². The van der Waals surface area contributed by atoms with Crippen LogP contribution in [0.1, 0.15) is 121 Å². The summed E-state index contributed by atoms with van der Waals surface area (Å²) in [5.41, 5.74) is 1.28. The van der Waals surface area contributed by atoms with Crippen LogP contribution in [0.25, 0.3) is 0 Å². The molecule has 0 radical (unpaired) electrons. The lowest BCUT2D eigenvalue weighted by Crippen LogP contribution is -2.35. The highest BCUT2D eigenvalue weighted by atomic mass is 16.6. The molecule has 0 aliphatic heterocycles. The molecular weight excluding hydrogens is 632 g/mol. The fourth-order valence-electron chi connectivity index (χ4n) is 7.30. The van der Waals surface area contributed by atoms with Gasteiger partial charge in [0.2, 0.25) is 0 Å². The number of hydrogen-bond donors (Lipinski definition) is 0. The summed E-state index contributed by atoms with van der Waals surface area (Å²) in [4.78, 5) is 51.4. The predicted molar refractivity (Wildman–Crippen MR) is 190 cm³/mol. The molecule has 3 aromatic rings. The Hall–Kier alpha value is -4.46. The summed E-state index contributed by atoms with van der Waals surface area (Å²) in [6, 6.07) is 18.6. The lowest BCUT2D eigenvalue weighted by molar-refractivity contribution is -0.0181. The Bertz CT molecular complexity index is 1500. The van der Waals surface area contributed by atoms with Crippen LogP contribution in [0.5, 0.6) is 11.5 Å². The van der Waals surface area contributed by atoms with Crippen LogP contribution in [0.4, 0.5) is 0 Å². The van der Waals surface area contributed by atoms with Crippen molar-refractivity contribution < 1.29 is 38.1 Å². The molecule has 8 nitrogen and oxygen atoms in total. The highest BCUT2D eigenvalue weighted by Crippen LogP contribution is 2.37. The van der Waals surface area contributed by atoms with Gasteiger partial charge in [0.1, 0.15) is 23.7 Å². The zero-order valence-electron chi connectivity index (χ0n) is 30.1. The molecule has 8 heteroatoms. The Morgan fingerprint density at radius 1 is 0.480 bits per heavy atom. The lowest BCUT2D eigenvalue weighted by Gasteiger charge is -2.36. The van der Waals surface area contributed by atoms with Crippen molar-refractivity contribution in [3.8, 4) is 11.5 Å². The molecule has 0 amide bonds. The molecule has 0 N–H and O–H groups in total. The Morgan fingerprint density at radius 3 is 1.10 bits per heavy atom. The minimum Gasteiger partial charge on any atom is -0.458 e. The van der Waals surface area contributed by atoms with Gasteiger partial charge in [0.25, 0.3) is 0 Å². The van der Waals surface area contributed by atoms with E-state index in [4.69, 9.17) is 18.9 Å². The van der Waals surface area contributed by atoms with E-state index in [1.165, 1.54) is 24.3 Å². The lowest BCUT2D eigenvalue weighted by atomic mass is 9.75. The van der Waals surface area contributed by atoms with Gasteiger partial charge in [0, 0.05) is 0 Å². The summed E-state index contributed by atoms with van der Waals surface area (Å²) < 4.78 is 22.9. The first-order valence-corrected chi connectivity index (χ1v) is 18.0. The van der Waals surface area contributed by atoms with Crippen LogP contribution in [0.15, 0.2) is 72.8 Å². The van der Waals surface area contributed by atoms with Crippen molar-refractivity contribution >= 4 is 23.9 Å². The molecule has 2 fully saturated rings. The first-order chi connectivity index (χ1) is 23.9. The number of carbonyl (C=O) groups excluding carboxylic acids is 4. The normalized spacial score (nSPS) is 23.6. The molecule has 6 atom stereocenters. The second-order valence-corrected chi connectivity index (χ2v) is 14.9. The second-order valence-electron chi connectivity index (χ2n) is 14.9. The minimum atomic E-state index is -0.610. The third-order valence-corrected chi connectivity index (χ3v) is 10.4. The van der Waals surface area contributed by atoms with Gasteiger partial charge in [-0.05, 0) is 134 Å². The Kier molecular flexibility index (Phi) is 12.1. The van der Waals surface area contributed by atoms with E-state index in [2.05, 4.69) is 41.5 Å². The van der Waals surface area contributed by atoms with Crippen molar-refractivity contribution in [2.75, 3.05) is 0 Å². The summed E-state index contributed by atoms with van der Waals surface area (Å²) >= 11 is 0. The predicted octanol–water partition coefficient (Wildman–Crippen LogP) is 9.36. The molecule has 0 spiro atoms. The summed E-state index contributed by atoms with van der Waals surface area (Å²) in [6.07, 6.45) is 5.94. The summed E-state index contributed by atoms with van der Waals surface area (Å²) in [5, 5.41) is 0. The standard InChI is InChI=1S/C42H50O8/c1-25(2)35-21-7-27(5)23-37(35)49-41(45)31-13-17-33(18-14-31)47-39(43)29-9-11-30(12-10-29)40(44)48-34-19-15-32(16-20-34)42(46)50-38-24-28(6)8-22-36(38)26(3)4/h9-20,25-28,35-38H,7-8,21-24H2,1-6H3. The highest BCUT2D eigenvalue weighted by molar-refractivity contribution is 5.95. The average molecular weight is 683 g/mol. The van der Waals surface area contributed by atoms with E-state index in [1.807, 2.05) is 0 Å². The third-order valence-electron chi connectivity index (χ3n) is 10.4. The van der Waals surface area contributed by atoms with Gasteiger partial charge in [0.05, 0.1) is 22.3 Å². The number of ether oxygens (including phenoxy) is 4. The molecule has 50 heavy (non-hydrogen) atoms. The molecule has 6 unspecified atom stereocenters. The summed E-state index contributed by atoms with van der Waals surface area (Å²) in [6.45, 7) is 13.1. The van der Waals surface area contributed by atoms with E-state index in [-0.39, 0.29) is 46.8 Å². The average Bonchev–Trinajstić information content (AvgIpc) is 3.08. The van der Waals surface area contributed by atoms with Crippen molar-refractivity contribution in [1.82, 2.24) is 0 Å². The number of esters is 4. The first kappa shape index (κ1) is 36.8. The number of rotatable bonds is 10. The monoisotopic (exact) mass is 682 g/mol. The fourth-order valence-corrected chi connectivity index (χ4v) is 7.30. The maximum absolute atomic E-state index is 12.9. The van der Waals surface area contributed by atoms with Crippen molar-refractivity contribution in [1.29, 1.82) is 0 Å². The molecule has 5 rings (SSSR count). The molecule has 0 heterocycles. The summed E-state index contributed by atoms with van der Waals surface area (Å²) in [7, 11) is 0. The van der Waals surface area contributed by atoms with Gasteiger partial charge < -0.3 is 18.9 Å². The highest BCUT2D eigenvalue weighted by Gasteiger charge is 2.35. The van der Waals surface area contributed by atoms with Gasteiger partial charge in [-0.25, -0.2) is 19.2 Å². The van der Waals surface area contributed by atoms with Gasteiger partial charge in [-0.15, -0.1) is 0 Å². The minimum absolute atomic E-state index is 0.104. The van der Waals surface area contributed by atoms with Crippen molar-refractivity contribution in [2.45, 2.75) is 92.3 Å². The molecule has 0 saturated heterocycles. The molecule has 266 valence electrons. The van der Waals surface area contributed by atoms with Crippen LogP contribution in [-0.2, 0) is 9.47 Å². The van der Waals surface area contributed by atoms with Gasteiger partial charge in [-0.3, -0.25) is 0 Å². The van der Waals surface area contributed by atoms with Gasteiger partial charge in [-0.1, -0.05) is 54.4 Å². The smallest absolute Gasteiger partial charge is 0.343 e. The van der Waals surface area contributed by atoms with E-state index >= 15 is 0 Å². The second kappa shape index (κ2) is 16.5. The first-order valence-electron chi connectivity index (χ1n) is 18.0. The molecule has 2 saturated carbocycles.